The van der Waals surface area contributed by atoms with E-state index in [1.165, 1.54) is 0 Å². The molecular formula is C11H11N3O. The average molecular weight is 201 g/mol. The predicted octanol–water partition coefficient (Wildman–Crippen LogP) is 1.60. The quantitative estimate of drug-likeness (QED) is 0.693. The molecule has 0 unspecified atom stereocenters. The molecule has 0 spiro atoms. The summed E-state index contributed by atoms with van der Waals surface area (Å²) in [5.41, 5.74) is 3.48. The van der Waals surface area contributed by atoms with Crippen LogP contribution in [0.15, 0.2) is 24.4 Å². The smallest absolute Gasteiger partial charge is 0.150 e. The van der Waals surface area contributed by atoms with Crippen LogP contribution in [0.3, 0.4) is 0 Å². The van der Waals surface area contributed by atoms with Gasteiger partial charge in [-0.15, -0.1) is 5.10 Å². The van der Waals surface area contributed by atoms with Crippen LogP contribution in [-0.4, -0.2) is 21.3 Å². The lowest BCUT2D eigenvalue weighted by Gasteiger charge is -2.01. The Kier molecular flexibility index (Phi) is 2.33. The highest BCUT2D eigenvalue weighted by atomic mass is 16.1. The fraction of sp³-hybridized carbons (Fsp3) is 0.182. The summed E-state index contributed by atoms with van der Waals surface area (Å²) in [5, 5.41) is 7.89. The Bertz CT molecular complexity index is 502. The van der Waals surface area contributed by atoms with E-state index in [9.17, 15) is 4.79 Å². The first-order valence-electron chi connectivity index (χ1n) is 4.63. The molecule has 0 saturated carbocycles. The zero-order valence-electron chi connectivity index (χ0n) is 8.64. The summed E-state index contributed by atoms with van der Waals surface area (Å²) >= 11 is 0. The summed E-state index contributed by atoms with van der Waals surface area (Å²) in [4.78, 5) is 10.7. The van der Waals surface area contributed by atoms with Gasteiger partial charge >= 0.3 is 0 Å². The molecule has 0 aliphatic heterocycles. The molecule has 76 valence electrons. The minimum Gasteiger partial charge on any atom is -0.298 e. The van der Waals surface area contributed by atoms with Crippen LogP contribution in [-0.2, 0) is 7.05 Å². The molecule has 0 saturated heterocycles. The molecule has 1 aromatic carbocycles. The maximum Gasteiger partial charge on any atom is 0.150 e. The standard InChI is InChI=1S/C11H11N3O/c1-8-3-4-9(7-15)5-10(8)11-6-14(2)13-12-11/h3-7H,1-2H3. The molecule has 0 radical (unpaired) electrons. The number of aldehydes is 1. The lowest BCUT2D eigenvalue weighted by atomic mass is 10.0. The molecule has 0 aliphatic carbocycles. The van der Waals surface area contributed by atoms with Gasteiger partial charge in [0.1, 0.15) is 12.0 Å². The van der Waals surface area contributed by atoms with Crippen LogP contribution in [0.1, 0.15) is 15.9 Å². The number of hydrogen-bond acceptors (Lipinski definition) is 3. The van der Waals surface area contributed by atoms with Crippen molar-refractivity contribution in [1.82, 2.24) is 15.0 Å². The van der Waals surface area contributed by atoms with E-state index in [0.717, 1.165) is 23.1 Å². The third kappa shape index (κ3) is 1.79. The molecule has 0 fully saturated rings. The van der Waals surface area contributed by atoms with E-state index in [1.807, 2.05) is 32.3 Å². The van der Waals surface area contributed by atoms with Gasteiger partial charge in [0.2, 0.25) is 0 Å². The highest BCUT2D eigenvalue weighted by Gasteiger charge is 2.06. The number of nitrogens with zero attached hydrogens (tertiary/aromatic N) is 3. The monoisotopic (exact) mass is 201 g/mol. The number of aromatic nitrogens is 3. The lowest BCUT2D eigenvalue weighted by Crippen LogP contribution is -1.87. The molecule has 0 bridgehead atoms. The van der Waals surface area contributed by atoms with Crippen molar-refractivity contribution in [2.45, 2.75) is 6.92 Å². The molecule has 2 aromatic rings. The zero-order chi connectivity index (χ0) is 10.8. The third-order valence-electron chi connectivity index (χ3n) is 2.28. The Balaban J connectivity index is 2.55. The summed E-state index contributed by atoms with van der Waals surface area (Å²) in [5.74, 6) is 0. The molecule has 2 rings (SSSR count). The van der Waals surface area contributed by atoms with Crippen molar-refractivity contribution in [1.29, 1.82) is 0 Å². The summed E-state index contributed by atoms with van der Waals surface area (Å²) < 4.78 is 1.64. The minimum atomic E-state index is 0.654. The van der Waals surface area contributed by atoms with Gasteiger partial charge in [0, 0.05) is 18.2 Å². The second-order valence-corrected chi connectivity index (χ2v) is 3.47. The van der Waals surface area contributed by atoms with Gasteiger partial charge in [0.25, 0.3) is 0 Å². The fourth-order valence-electron chi connectivity index (χ4n) is 1.46. The van der Waals surface area contributed by atoms with E-state index in [-0.39, 0.29) is 0 Å². The molecule has 0 amide bonds. The van der Waals surface area contributed by atoms with Gasteiger partial charge < -0.3 is 0 Å². The van der Waals surface area contributed by atoms with Crippen LogP contribution >= 0.6 is 0 Å². The molecule has 4 heteroatoms. The maximum absolute atomic E-state index is 10.7. The number of carbonyl (C=O) groups excluding carboxylic acids is 1. The van der Waals surface area contributed by atoms with Crippen molar-refractivity contribution >= 4 is 6.29 Å². The SMILES string of the molecule is Cc1ccc(C=O)cc1-c1cn(C)nn1. The number of carbonyl (C=O) groups is 1. The molecule has 0 aliphatic rings. The first-order chi connectivity index (χ1) is 7.20. The van der Waals surface area contributed by atoms with Crippen molar-refractivity contribution in [2.24, 2.45) is 7.05 Å². The second kappa shape index (κ2) is 3.65. The van der Waals surface area contributed by atoms with E-state index in [2.05, 4.69) is 10.3 Å². The number of hydrogen-bond donors (Lipinski definition) is 0. The van der Waals surface area contributed by atoms with Crippen LogP contribution in [0.4, 0.5) is 0 Å². The first-order valence-corrected chi connectivity index (χ1v) is 4.63. The highest BCUT2D eigenvalue weighted by Crippen LogP contribution is 2.21. The lowest BCUT2D eigenvalue weighted by molar-refractivity contribution is 0.112. The number of benzene rings is 1. The Morgan fingerprint density at radius 2 is 2.20 bits per heavy atom. The van der Waals surface area contributed by atoms with Gasteiger partial charge in [0.15, 0.2) is 0 Å². The summed E-state index contributed by atoms with van der Waals surface area (Å²) in [6.07, 6.45) is 2.66. The van der Waals surface area contributed by atoms with Crippen molar-refractivity contribution in [3.05, 3.63) is 35.5 Å². The number of rotatable bonds is 2. The topological polar surface area (TPSA) is 47.8 Å². The van der Waals surface area contributed by atoms with E-state index in [4.69, 9.17) is 0 Å². The molecule has 0 atom stereocenters. The normalized spacial score (nSPS) is 10.3. The van der Waals surface area contributed by atoms with Crippen molar-refractivity contribution < 1.29 is 4.79 Å². The summed E-state index contributed by atoms with van der Waals surface area (Å²) in [7, 11) is 1.81. The molecule has 1 heterocycles. The van der Waals surface area contributed by atoms with Crippen LogP contribution in [0, 0.1) is 6.92 Å². The zero-order valence-corrected chi connectivity index (χ0v) is 8.64. The van der Waals surface area contributed by atoms with E-state index in [1.54, 1.807) is 10.7 Å². The van der Waals surface area contributed by atoms with Gasteiger partial charge in [-0.1, -0.05) is 17.3 Å². The largest absolute Gasteiger partial charge is 0.298 e. The van der Waals surface area contributed by atoms with Crippen LogP contribution in [0.25, 0.3) is 11.3 Å². The van der Waals surface area contributed by atoms with Gasteiger partial charge in [-0.05, 0) is 18.6 Å². The van der Waals surface area contributed by atoms with E-state index < -0.39 is 0 Å². The molecular weight excluding hydrogens is 190 g/mol. The van der Waals surface area contributed by atoms with Crippen LogP contribution in [0.2, 0.25) is 0 Å². The highest BCUT2D eigenvalue weighted by molar-refractivity contribution is 5.79. The molecule has 0 N–H and O–H groups in total. The Hall–Kier alpha value is -1.97. The van der Waals surface area contributed by atoms with Crippen molar-refractivity contribution in [2.75, 3.05) is 0 Å². The Labute approximate surface area is 87.5 Å². The summed E-state index contributed by atoms with van der Waals surface area (Å²) in [6, 6.07) is 5.53. The molecule has 4 nitrogen and oxygen atoms in total. The Morgan fingerprint density at radius 3 is 2.80 bits per heavy atom. The van der Waals surface area contributed by atoms with Gasteiger partial charge in [0.05, 0.1) is 6.20 Å². The predicted molar refractivity (Wildman–Crippen MR) is 56.6 cm³/mol. The van der Waals surface area contributed by atoms with Gasteiger partial charge in [-0.2, -0.15) is 0 Å². The Morgan fingerprint density at radius 1 is 1.40 bits per heavy atom. The van der Waals surface area contributed by atoms with E-state index >= 15 is 0 Å². The molecule has 15 heavy (non-hydrogen) atoms. The maximum atomic E-state index is 10.7. The van der Waals surface area contributed by atoms with Gasteiger partial charge in [-0.3, -0.25) is 9.48 Å². The first kappa shape index (κ1) is 9.58. The summed E-state index contributed by atoms with van der Waals surface area (Å²) in [6.45, 7) is 1.98. The van der Waals surface area contributed by atoms with E-state index in [0.29, 0.717) is 5.56 Å². The van der Waals surface area contributed by atoms with Crippen LogP contribution < -0.4 is 0 Å². The molecule has 1 aromatic heterocycles. The van der Waals surface area contributed by atoms with Crippen molar-refractivity contribution in [3.8, 4) is 11.3 Å². The average Bonchev–Trinajstić information content (AvgIpc) is 2.65. The third-order valence-corrected chi connectivity index (χ3v) is 2.28. The van der Waals surface area contributed by atoms with Gasteiger partial charge in [-0.25, -0.2) is 0 Å². The van der Waals surface area contributed by atoms with Crippen molar-refractivity contribution in [3.63, 3.8) is 0 Å². The number of aryl methyl sites for hydroxylation is 2. The minimum absolute atomic E-state index is 0.654. The second-order valence-electron chi connectivity index (χ2n) is 3.47. The fourth-order valence-corrected chi connectivity index (χ4v) is 1.46. The van der Waals surface area contributed by atoms with Crippen LogP contribution in [0.5, 0.6) is 0 Å².